The Hall–Kier alpha value is -2.45. The maximum absolute atomic E-state index is 12.5. The van der Waals surface area contributed by atoms with Crippen LogP contribution in [-0.2, 0) is 0 Å². The van der Waals surface area contributed by atoms with Crippen molar-refractivity contribution in [3.8, 4) is 6.07 Å². The minimum absolute atomic E-state index is 0.195. The van der Waals surface area contributed by atoms with Crippen LogP contribution in [0.3, 0.4) is 0 Å². The Bertz CT molecular complexity index is 792. The molecule has 0 amide bonds. The van der Waals surface area contributed by atoms with Crippen molar-refractivity contribution >= 4 is 28.2 Å². The molecule has 0 saturated heterocycles. The summed E-state index contributed by atoms with van der Waals surface area (Å²) in [4.78, 5) is 20.5. The number of nitriles is 1. The van der Waals surface area contributed by atoms with Crippen LogP contribution in [-0.4, -0.2) is 15.8 Å². The second-order valence-electron chi connectivity index (χ2n) is 4.50. The number of hydrogen-bond acceptors (Lipinski definition) is 4. The number of carbonyl (C=O) groups is 1. The molecule has 0 aliphatic carbocycles. The van der Waals surface area contributed by atoms with Gasteiger partial charge in [0, 0.05) is 0 Å². The molecule has 1 N–H and O–H groups in total. The molecule has 1 atom stereocenters. The topological polar surface area (TPSA) is 69.5 Å². The normalized spacial score (nSPS) is 12.2. The third-order valence-electron chi connectivity index (χ3n) is 3.16. The molecule has 0 spiro atoms. The zero-order chi connectivity index (χ0) is 14.1. The predicted molar refractivity (Wildman–Crippen MR) is 77.8 cm³/mol. The molecular formula is C15H11N3OS. The van der Waals surface area contributed by atoms with Crippen molar-refractivity contribution in [2.24, 2.45) is 0 Å². The summed E-state index contributed by atoms with van der Waals surface area (Å²) in [7, 11) is 0. The molecule has 3 aromatic rings. The molecule has 1 unspecified atom stereocenters. The number of imidazole rings is 1. The lowest BCUT2D eigenvalue weighted by Gasteiger charge is -2.04. The van der Waals surface area contributed by atoms with E-state index in [0.717, 1.165) is 16.6 Å². The molecule has 2 aromatic heterocycles. The molecule has 2 heterocycles. The highest BCUT2D eigenvalue weighted by Gasteiger charge is 2.26. The molecule has 3 rings (SSSR count). The lowest BCUT2D eigenvalue weighted by atomic mass is 10.0. The van der Waals surface area contributed by atoms with E-state index in [1.54, 1.807) is 0 Å². The second kappa shape index (κ2) is 4.91. The number of aromatic amines is 1. The molecule has 0 aliphatic heterocycles. The van der Waals surface area contributed by atoms with E-state index < -0.39 is 5.92 Å². The van der Waals surface area contributed by atoms with Crippen molar-refractivity contribution in [1.82, 2.24) is 9.97 Å². The summed E-state index contributed by atoms with van der Waals surface area (Å²) in [5, 5.41) is 11.2. The van der Waals surface area contributed by atoms with E-state index in [9.17, 15) is 10.1 Å². The van der Waals surface area contributed by atoms with Gasteiger partial charge in [-0.15, -0.1) is 11.3 Å². The van der Waals surface area contributed by atoms with Gasteiger partial charge in [-0.2, -0.15) is 5.26 Å². The van der Waals surface area contributed by atoms with Crippen molar-refractivity contribution in [3.63, 3.8) is 0 Å². The van der Waals surface area contributed by atoms with E-state index >= 15 is 0 Å². The van der Waals surface area contributed by atoms with Gasteiger partial charge in [0.15, 0.2) is 11.7 Å². The molecule has 20 heavy (non-hydrogen) atoms. The fourth-order valence-electron chi connectivity index (χ4n) is 2.11. The maximum Gasteiger partial charge on any atom is 0.197 e. The average Bonchev–Trinajstić information content (AvgIpc) is 3.05. The monoisotopic (exact) mass is 281 g/mol. The molecule has 98 valence electrons. The summed E-state index contributed by atoms with van der Waals surface area (Å²) in [5.74, 6) is -0.676. The van der Waals surface area contributed by atoms with Gasteiger partial charge in [0.2, 0.25) is 0 Å². The number of nitrogens with one attached hydrogen (secondary N) is 1. The summed E-state index contributed by atoms with van der Waals surface area (Å²) in [6.45, 7) is 1.87. The number of aryl methyl sites for hydroxylation is 1. The van der Waals surface area contributed by atoms with Crippen molar-refractivity contribution < 1.29 is 4.79 Å². The Morgan fingerprint density at radius 1 is 1.40 bits per heavy atom. The summed E-state index contributed by atoms with van der Waals surface area (Å²) < 4.78 is 0. The van der Waals surface area contributed by atoms with Gasteiger partial charge in [0.05, 0.1) is 22.0 Å². The fourth-order valence-corrected chi connectivity index (χ4v) is 3.01. The second-order valence-corrected chi connectivity index (χ2v) is 5.41. The van der Waals surface area contributed by atoms with Crippen LogP contribution >= 0.6 is 11.3 Å². The van der Waals surface area contributed by atoms with Gasteiger partial charge in [-0.1, -0.05) is 12.1 Å². The van der Waals surface area contributed by atoms with E-state index in [1.807, 2.05) is 42.6 Å². The first-order valence-corrected chi connectivity index (χ1v) is 7.01. The Morgan fingerprint density at radius 2 is 2.20 bits per heavy atom. The van der Waals surface area contributed by atoms with Crippen molar-refractivity contribution in [3.05, 3.63) is 52.0 Å². The van der Waals surface area contributed by atoms with Crippen molar-refractivity contribution in [2.75, 3.05) is 0 Å². The van der Waals surface area contributed by atoms with Crippen LogP contribution in [0.2, 0.25) is 0 Å². The quantitative estimate of drug-likeness (QED) is 0.748. The van der Waals surface area contributed by atoms with E-state index in [2.05, 4.69) is 16.0 Å². The lowest BCUT2D eigenvalue weighted by Crippen LogP contribution is -2.12. The maximum atomic E-state index is 12.5. The van der Waals surface area contributed by atoms with Crippen molar-refractivity contribution in [1.29, 1.82) is 5.26 Å². The first-order chi connectivity index (χ1) is 9.70. The van der Waals surface area contributed by atoms with Crippen LogP contribution in [0.25, 0.3) is 11.0 Å². The molecular weight excluding hydrogens is 270 g/mol. The number of rotatable bonds is 3. The largest absolute Gasteiger partial charge is 0.340 e. The van der Waals surface area contributed by atoms with Crippen LogP contribution in [0.15, 0.2) is 35.7 Å². The predicted octanol–water partition coefficient (Wildman–Crippen LogP) is 3.42. The van der Waals surface area contributed by atoms with Crippen LogP contribution in [0.5, 0.6) is 0 Å². The van der Waals surface area contributed by atoms with Gasteiger partial charge in [-0.05, 0) is 36.1 Å². The number of ketones is 1. The van der Waals surface area contributed by atoms with Crippen LogP contribution in [0, 0.1) is 18.3 Å². The van der Waals surface area contributed by atoms with Crippen LogP contribution in [0.1, 0.15) is 27.0 Å². The van der Waals surface area contributed by atoms with E-state index in [-0.39, 0.29) is 5.78 Å². The average molecular weight is 281 g/mol. The standard InChI is InChI=1S/C15H11N3OS/c1-9-6-7-20-14(9)13(19)10(8-16)15-17-11-4-2-3-5-12(11)18-15/h2-7,10H,1H3,(H,17,18). The smallest absolute Gasteiger partial charge is 0.197 e. The lowest BCUT2D eigenvalue weighted by molar-refractivity contribution is 0.0980. The molecule has 0 fully saturated rings. The number of thiophene rings is 1. The SMILES string of the molecule is Cc1ccsc1C(=O)C(C#N)c1nc2ccccc2[nH]1. The Kier molecular flexibility index (Phi) is 3.09. The molecule has 0 aliphatic rings. The van der Waals surface area contributed by atoms with Gasteiger partial charge in [0.25, 0.3) is 0 Å². The highest BCUT2D eigenvalue weighted by molar-refractivity contribution is 7.12. The summed E-state index contributed by atoms with van der Waals surface area (Å²) >= 11 is 1.36. The zero-order valence-electron chi connectivity index (χ0n) is 10.8. The van der Waals surface area contributed by atoms with Gasteiger partial charge < -0.3 is 4.98 Å². The summed E-state index contributed by atoms with van der Waals surface area (Å²) in [5.41, 5.74) is 2.49. The van der Waals surface area contributed by atoms with Crippen molar-refractivity contribution in [2.45, 2.75) is 12.8 Å². The van der Waals surface area contributed by atoms with Gasteiger partial charge in [-0.25, -0.2) is 4.98 Å². The highest BCUT2D eigenvalue weighted by Crippen LogP contribution is 2.25. The highest BCUT2D eigenvalue weighted by atomic mass is 32.1. The Labute approximate surface area is 119 Å². The number of benzene rings is 1. The molecule has 0 bridgehead atoms. The third kappa shape index (κ3) is 2.00. The first kappa shape index (κ1) is 12.6. The van der Waals surface area contributed by atoms with Gasteiger partial charge in [-0.3, -0.25) is 4.79 Å². The first-order valence-electron chi connectivity index (χ1n) is 6.13. The molecule has 0 saturated carbocycles. The molecule has 1 aromatic carbocycles. The number of aromatic nitrogens is 2. The third-order valence-corrected chi connectivity index (χ3v) is 4.19. The van der Waals surface area contributed by atoms with Crippen LogP contribution in [0.4, 0.5) is 0 Å². The summed E-state index contributed by atoms with van der Waals surface area (Å²) in [6.07, 6.45) is 0. The minimum atomic E-state index is -0.889. The zero-order valence-corrected chi connectivity index (χ0v) is 11.6. The van der Waals surface area contributed by atoms with Gasteiger partial charge >= 0.3 is 0 Å². The fraction of sp³-hybridized carbons (Fsp3) is 0.133. The van der Waals surface area contributed by atoms with E-state index in [1.165, 1.54) is 11.3 Å². The Balaban J connectivity index is 2.04. The number of carbonyl (C=O) groups excluding carboxylic acids is 1. The number of para-hydroxylation sites is 2. The molecule has 0 radical (unpaired) electrons. The number of hydrogen-bond donors (Lipinski definition) is 1. The molecule has 4 nitrogen and oxygen atoms in total. The minimum Gasteiger partial charge on any atom is -0.340 e. The van der Waals surface area contributed by atoms with Crippen LogP contribution < -0.4 is 0 Å². The number of H-pyrrole nitrogens is 1. The molecule has 5 heteroatoms. The number of Topliss-reactive ketones (excluding diaryl/α,β-unsaturated/α-hetero) is 1. The van der Waals surface area contributed by atoms with E-state index in [4.69, 9.17) is 0 Å². The number of fused-ring (bicyclic) bond motifs is 1. The Morgan fingerprint density at radius 3 is 2.85 bits per heavy atom. The van der Waals surface area contributed by atoms with E-state index in [0.29, 0.717) is 10.7 Å². The number of nitrogens with zero attached hydrogens (tertiary/aromatic N) is 2. The van der Waals surface area contributed by atoms with Gasteiger partial charge in [0.1, 0.15) is 5.82 Å². The summed E-state index contributed by atoms with van der Waals surface area (Å²) in [6, 6.07) is 11.4.